The summed E-state index contributed by atoms with van der Waals surface area (Å²) >= 11 is 1.33. The Morgan fingerprint density at radius 3 is 2.35 bits per heavy atom. The molecule has 0 unspecified atom stereocenters. The summed E-state index contributed by atoms with van der Waals surface area (Å²) in [7, 11) is 0. The summed E-state index contributed by atoms with van der Waals surface area (Å²) in [6, 6.07) is 24.5. The van der Waals surface area contributed by atoms with Crippen molar-refractivity contribution in [2.75, 3.05) is 16.4 Å². The molecule has 4 rings (SSSR count). The first-order valence-electron chi connectivity index (χ1n) is 10.9. The topological polar surface area (TPSA) is 76.0 Å². The highest BCUT2D eigenvalue weighted by atomic mass is 32.2. The van der Waals surface area contributed by atoms with Crippen LogP contribution in [-0.2, 0) is 4.79 Å². The normalized spacial score (nSPS) is 10.7. The lowest BCUT2D eigenvalue weighted by atomic mass is 10.2. The van der Waals surface area contributed by atoms with E-state index in [1.54, 1.807) is 6.07 Å². The molecule has 34 heavy (non-hydrogen) atoms. The molecule has 4 aromatic rings. The van der Waals surface area contributed by atoms with Crippen molar-refractivity contribution in [2.45, 2.75) is 25.7 Å². The maximum absolute atomic E-state index is 13.1. The van der Waals surface area contributed by atoms with Crippen molar-refractivity contribution < 1.29 is 9.59 Å². The Morgan fingerprint density at radius 2 is 1.62 bits per heavy atom. The molecule has 1 aromatic heterocycles. The van der Waals surface area contributed by atoms with E-state index in [0.717, 1.165) is 33.2 Å². The number of thioether (sulfide) groups is 1. The fraction of sp³-hybridized carbons (Fsp3) is 0.148. The van der Waals surface area contributed by atoms with Gasteiger partial charge in [-0.3, -0.25) is 9.59 Å². The third-order valence-corrected chi connectivity index (χ3v) is 6.26. The minimum Gasteiger partial charge on any atom is -0.325 e. The van der Waals surface area contributed by atoms with Gasteiger partial charge in [0.15, 0.2) is 0 Å². The number of nitrogens with one attached hydrogen (secondary N) is 2. The first kappa shape index (κ1) is 23.3. The summed E-state index contributed by atoms with van der Waals surface area (Å²) in [4.78, 5) is 26.2. The van der Waals surface area contributed by atoms with Crippen LogP contribution in [0.4, 0.5) is 11.4 Å². The van der Waals surface area contributed by atoms with E-state index in [0.29, 0.717) is 11.3 Å². The Bertz CT molecular complexity index is 1330. The number of hydrogen-bond donors (Lipinski definition) is 2. The molecule has 1 heterocycles. The molecule has 0 spiro atoms. The van der Waals surface area contributed by atoms with Crippen LogP contribution in [0.2, 0.25) is 0 Å². The van der Waals surface area contributed by atoms with Crippen LogP contribution < -0.4 is 10.6 Å². The van der Waals surface area contributed by atoms with Crippen molar-refractivity contribution in [2.24, 2.45) is 0 Å². The van der Waals surface area contributed by atoms with Crippen molar-refractivity contribution in [1.82, 2.24) is 9.78 Å². The van der Waals surface area contributed by atoms with Crippen molar-refractivity contribution in [3.8, 4) is 5.69 Å². The van der Waals surface area contributed by atoms with Gasteiger partial charge in [-0.2, -0.15) is 5.10 Å². The average Bonchev–Trinajstić information content (AvgIpc) is 3.17. The molecule has 0 aliphatic heterocycles. The summed E-state index contributed by atoms with van der Waals surface area (Å²) in [6.07, 6.45) is 0. The maximum Gasteiger partial charge on any atom is 0.256 e. The van der Waals surface area contributed by atoms with Gasteiger partial charge in [0.05, 0.1) is 22.7 Å². The van der Waals surface area contributed by atoms with E-state index in [2.05, 4.69) is 15.7 Å². The number of anilines is 2. The lowest BCUT2D eigenvalue weighted by molar-refractivity contribution is -0.113. The zero-order valence-electron chi connectivity index (χ0n) is 19.3. The lowest BCUT2D eigenvalue weighted by Crippen LogP contribution is -2.16. The number of aromatic nitrogens is 2. The fourth-order valence-corrected chi connectivity index (χ4v) is 4.41. The summed E-state index contributed by atoms with van der Waals surface area (Å²) in [5, 5.41) is 10.4. The summed E-state index contributed by atoms with van der Waals surface area (Å²) < 4.78 is 1.85. The largest absolute Gasteiger partial charge is 0.325 e. The SMILES string of the molecule is Cc1ccc(NC(=O)CSc2ccccc2C(=O)Nc2cccc(-n3nc(C)cc3C)c2)cc1. The minimum absolute atomic E-state index is 0.123. The zero-order valence-corrected chi connectivity index (χ0v) is 20.1. The van der Waals surface area contributed by atoms with E-state index in [1.165, 1.54) is 11.8 Å². The summed E-state index contributed by atoms with van der Waals surface area (Å²) in [5.74, 6) is -0.153. The molecule has 0 atom stereocenters. The Balaban J connectivity index is 1.43. The number of rotatable bonds is 7. The predicted octanol–water partition coefficient (Wildman–Crippen LogP) is 5.78. The molecular weight excluding hydrogens is 444 g/mol. The molecule has 3 aromatic carbocycles. The van der Waals surface area contributed by atoms with Gasteiger partial charge in [0.2, 0.25) is 5.91 Å². The van der Waals surface area contributed by atoms with Gasteiger partial charge in [0, 0.05) is 22.0 Å². The molecule has 0 bridgehead atoms. The van der Waals surface area contributed by atoms with Crippen LogP contribution in [-0.4, -0.2) is 27.3 Å². The van der Waals surface area contributed by atoms with Gasteiger partial charge in [-0.1, -0.05) is 35.9 Å². The van der Waals surface area contributed by atoms with Crippen molar-refractivity contribution in [3.63, 3.8) is 0 Å². The van der Waals surface area contributed by atoms with Crippen LogP contribution in [0, 0.1) is 20.8 Å². The molecular formula is C27H26N4O2S. The van der Waals surface area contributed by atoms with Gasteiger partial charge in [0.1, 0.15) is 0 Å². The molecule has 0 aliphatic rings. The van der Waals surface area contributed by atoms with Gasteiger partial charge in [0.25, 0.3) is 5.91 Å². The number of carbonyl (C=O) groups is 2. The third-order valence-electron chi connectivity index (χ3n) is 5.18. The highest BCUT2D eigenvalue weighted by Gasteiger charge is 2.14. The Hall–Kier alpha value is -3.84. The third kappa shape index (κ3) is 5.74. The smallest absolute Gasteiger partial charge is 0.256 e. The quantitative estimate of drug-likeness (QED) is 0.336. The fourth-order valence-electron chi connectivity index (χ4n) is 3.56. The van der Waals surface area contributed by atoms with Crippen LogP contribution in [0.15, 0.2) is 83.8 Å². The van der Waals surface area contributed by atoms with Crippen LogP contribution in [0.5, 0.6) is 0 Å². The van der Waals surface area contributed by atoms with Gasteiger partial charge >= 0.3 is 0 Å². The van der Waals surface area contributed by atoms with Crippen molar-refractivity contribution in [3.05, 3.63) is 101 Å². The minimum atomic E-state index is -0.229. The molecule has 0 saturated heterocycles. The van der Waals surface area contributed by atoms with E-state index in [4.69, 9.17) is 0 Å². The first-order valence-corrected chi connectivity index (χ1v) is 11.9. The van der Waals surface area contributed by atoms with Gasteiger partial charge in [-0.15, -0.1) is 11.8 Å². The Kier molecular flexibility index (Phi) is 7.13. The molecule has 7 heteroatoms. The highest BCUT2D eigenvalue weighted by Crippen LogP contribution is 2.25. The van der Waals surface area contributed by atoms with E-state index in [1.807, 2.05) is 98.2 Å². The molecule has 0 fully saturated rings. The number of amides is 2. The van der Waals surface area contributed by atoms with Crippen molar-refractivity contribution >= 4 is 35.0 Å². The molecule has 2 amide bonds. The van der Waals surface area contributed by atoms with Gasteiger partial charge in [-0.05, 0) is 69.3 Å². The summed E-state index contributed by atoms with van der Waals surface area (Å²) in [5.41, 5.74) is 5.91. The van der Waals surface area contributed by atoms with Crippen molar-refractivity contribution in [1.29, 1.82) is 0 Å². The maximum atomic E-state index is 13.1. The van der Waals surface area contributed by atoms with E-state index in [-0.39, 0.29) is 17.6 Å². The lowest BCUT2D eigenvalue weighted by Gasteiger charge is -2.12. The average molecular weight is 471 g/mol. The number of nitrogens with zero attached hydrogens (tertiary/aromatic N) is 2. The van der Waals surface area contributed by atoms with Crippen LogP contribution >= 0.6 is 11.8 Å². The van der Waals surface area contributed by atoms with Gasteiger partial charge < -0.3 is 10.6 Å². The molecule has 0 radical (unpaired) electrons. The molecule has 6 nitrogen and oxygen atoms in total. The number of aryl methyl sites for hydroxylation is 3. The van der Waals surface area contributed by atoms with E-state index < -0.39 is 0 Å². The first-order chi connectivity index (χ1) is 16.4. The monoisotopic (exact) mass is 470 g/mol. The van der Waals surface area contributed by atoms with Crippen LogP contribution in [0.1, 0.15) is 27.3 Å². The van der Waals surface area contributed by atoms with Crippen LogP contribution in [0.25, 0.3) is 5.69 Å². The highest BCUT2D eigenvalue weighted by molar-refractivity contribution is 8.00. The standard InChI is InChI=1S/C27H26N4O2S/c1-18-11-13-21(14-12-18)28-26(32)17-34-25-10-5-4-9-24(25)27(33)29-22-7-6-8-23(16-22)31-20(3)15-19(2)30-31/h4-16H,17H2,1-3H3,(H,28,32)(H,29,33). The van der Waals surface area contributed by atoms with E-state index in [9.17, 15) is 9.59 Å². The zero-order chi connectivity index (χ0) is 24.1. The Labute approximate surface area is 203 Å². The molecule has 172 valence electrons. The van der Waals surface area contributed by atoms with Gasteiger partial charge in [-0.25, -0.2) is 4.68 Å². The van der Waals surface area contributed by atoms with E-state index >= 15 is 0 Å². The van der Waals surface area contributed by atoms with Crippen LogP contribution in [0.3, 0.4) is 0 Å². The predicted molar refractivity (Wildman–Crippen MR) is 138 cm³/mol. The second-order valence-corrected chi connectivity index (χ2v) is 9.06. The molecule has 2 N–H and O–H groups in total. The number of benzene rings is 3. The summed E-state index contributed by atoms with van der Waals surface area (Å²) in [6.45, 7) is 5.94. The Morgan fingerprint density at radius 1 is 0.853 bits per heavy atom. The number of hydrogen-bond acceptors (Lipinski definition) is 4. The second kappa shape index (κ2) is 10.4. The number of carbonyl (C=O) groups excluding carboxylic acids is 2. The second-order valence-electron chi connectivity index (χ2n) is 8.04. The molecule has 0 saturated carbocycles. The molecule has 0 aliphatic carbocycles.